The van der Waals surface area contributed by atoms with Crippen LogP contribution < -0.4 is 4.90 Å². The average Bonchev–Trinajstić information content (AvgIpc) is 3.70. The van der Waals surface area contributed by atoms with Gasteiger partial charge in [-0.1, -0.05) is 29.8 Å². The van der Waals surface area contributed by atoms with Crippen LogP contribution in [-0.2, 0) is 16.6 Å². The van der Waals surface area contributed by atoms with E-state index < -0.39 is 10.0 Å². The largest absolute Gasteiger partial charge is 0.395 e. The van der Waals surface area contributed by atoms with E-state index in [1.54, 1.807) is 53.6 Å². The van der Waals surface area contributed by atoms with Gasteiger partial charge in [0.25, 0.3) is 10.0 Å². The van der Waals surface area contributed by atoms with Crippen molar-refractivity contribution in [2.24, 2.45) is 0 Å². The lowest BCUT2D eigenvalue weighted by Gasteiger charge is -2.35. The molecule has 1 aliphatic rings. The summed E-state index contributed by atoms with van der Waals surface area (Å²) in [7, 11) is -3.97. The first kappa shape index (κ1) is 30.7. The van der Waals surface area contributed by atoms with Crippen molar-refractivity contribution in [1.82, 2.24) is 28.6 Å². The first-order valence-electron chi connectivity index (χ1n) is 15.4. The molecule has 0 bridgehead atoms. The van der Waals surface area contributed by atoms with E-state index in [1.807, 2.05) is 43.6 Å². The van der Waals surface area contributed by atoms with Crippen LogP contribution >= 0.6 is 0 Å². The summed E-state index contributed by atoms with van der Waals surface area (Å²) in [6.07, 6.45) is 8.59. The van der Waals surface area contributed by atoms with E-state index in [4.69, 9.17) is 4.98 Å². The van der Waals surface area contributed by atoms with Gasteiger partial charge in [-0.15, -0.1) is 0 Å². The Bertz CT molecular complexity index is 2140. The zero-order chi connectivity index (χ0) is 32.5. The van der Waals surface area contributed by atoms with Crippen LogP contribution in [0.5, 0.6) is 0 Å². The summed E-state index contributed by atoms with van der Waals surface area (Å²) in [5, 5.41) is 14.4. The number of nitrogens with zero attached hydrogens (tertiary/aromatic N) is 7. The minimum atomic E-state index is -3.97. The van der Waals surface area contributed by atoms with E-state index in [2.05, 4.69) is 19.9 Å². The van der Waals surface area contributed by atoms with Crippen LogP contribution in [0, 0.1) is 12.7 Å². The second-order valence-corrected chi connectivity index (χ2v) is 13.6. The number of hydrogen-bond acceptors (Lipinski definition) is 8. The van der Waals surface area contributed by atoms with Crippen LogP contribution in [0.1, 0.15) is 11.1 Å². The monoisotopic (exact) mass is 651 g/mol. The maximum atomic E-state index is 13.9. The highest BCUT2D eigenvalue weighted by Gasteiger charge is 2.24. The summed E-state index contributed by atoms with van der Waals surface area (Å²) >= 11 is 0. The molecule has 0 atom stereocenters. The number of rotatable bonds is 9. The molecule has 0 amide bonds. The van der Waals surface area contributed by atoms with E-state index >= 15 is 0 Å². The number of aryl methyl sites for hydroxylation is 1. The van der Waals surface area contributed by atoms with Crippen molar-refractivity contribution in [3.63, 3.8) is 0 Å². The molecule has 0 unspecified atom stereocenters. The average molecular weight is 652 g/mol. The van der Waals surface area contributed by atoms with Crippen molar-refractivity contribution in [1.29, 1.82) is 0 Å². The number of anilines is 1. The molecule has 240 valence electrons. The fourth-order valence-electron chi connectivity index (χ4n) is 5.97. The zero-order valence-corrected chi connectivity index (χ0v) is 26.7. The highest BCUT2D eigenvalue weighted by Crippen LogP contribution is 2.35. The van der Waals surface area contributed by atoms with E-state index in [0.717, 1.165) is 54.3 Å². The van der Waals surface area contributed by atoms with Gasteiger partial charge in [0.1, 0.15) is 11.6 Å². The standard InChI is InChI=1S/C35H34FN7O3S/c1-25-5-8-31(9-6-25)47(45,46)43-24-33(29-21-39-42(23-29)22-26-3-2-4-30(36)17-26)32-18-28(20-38-35(32)43)27-7-10-34(37-19-27)41-13-11-40(12-14-41)15-16-44/h2-10,17-21,23-24,44H,11-16,22H2,1H3. The zero-order valence-electron chi connectivity index (χ0n) is 25.9. The number of pyridine rings is 2. The van der Waals surface area contributed by atoms with Crippen LogP contribution in [0.2, 0.25) is 0 Å². The SMILES string of the molecule is Cc1ccc(S(=O)(=O)n2cc(-c3cnn(Cc4cccc(F)c4)c3)c3cc(-c4ccc(N5CCN(CCO)CC5)nc4)cnc32)cc1. The lowest BCUT2D eigenvalue weighted by Crippen LogP contribution is -2.47. The van der Waals surface area contributed by atoms with E-state index in [0.29, 0.717) is 35.2 Å². The van der Waals surface area contributed by atoms with Gasteiger partial charge in [0.05, 0.1) is 24.2 Å². The van der Waals surface area contributed by atoms with Gasteiger partial charge in [0.2, 0.25) is 0 Å². The van der Waals surface area contributed by atoms with Gasteiger partial charge < -0.3 is 10.0 Å². The fraction of sp³-hybridized carbons (Fsp3) is 0.229. The second-order valence-electron chi connectivity index (χ2n) is 11.8. The van der Waals surface area contributed by atoms with Gasteiger partial charge in [-0.2, -0.15) is 5.10 Å². The van der Waals surface area contributed by atoms with Crippen molar-refractivity contribution in [3.8, 4) is 22.3 Å². The molecule has 0 spiro atoms. The number of aromatic nitrogens is 5. The van der Waals surface area contributed by atoms with Crippen molar-refractivity contribution in [2.75, 3.05) is 44.2 Å². The number of hydrogen-bond donors (Lipinski definition) is 1. The summed E-state index contributed by atoms with van der Waals surface area (Å²) < 4.78 is 44.6. The Kier molecular flexibility index (Phi) is 8.31. The Hall–Kier alpha value is -4.91. The van der Waals surface area contributed by atoms with Gasteiger partial charge >= 0.3 is 0 Å². The molecule has 5 heterocycles. The summed E-state index contributed by atoms with van der Waals surface area (Å²) in [5.41, 5.74) is 5.02. The lowest BCUT2D eigenvalue weighted by molar-refractivity contribution is 0.188. The molecule has 6 aromatic rings. The number of aliphatic hydroxyl groups is 1. The summed E-state index contributed by atoms with van der Waals surface area (Å²) in [6, 6.07) is 19.0. The molecule has 2 aromatic carbocycles. The third-order valence-corrected chi connectivity index (χ3v) is 10.2. The van der Waals surface area contributed by atoms with Crippen molar-refractivity contribution < 1.29 is 17.9 Å². The van der Waals surface area contributed by atoms with Crippen LogP contribution in [0.4, 0.5) is 10.2 Å². The van der Waals surface area contributed by atoms with E-state index in [-0.39, 0.29) is 17.3 Å². The number of β-amino-alcohol motifs (C(OH)–C–C–N with tert-alkyl or cyclic N) is 1. The third-order valence-electron chi connectivity index (χ3n) is 8.56. The van der Waals surface area contributed by atoms with Crippen LogP contribution in [-0.4, -0.2) is 81.5 Å². The first-order chi connectivity index (χ1) is 22.8. The van der Waals surface area contributed by atoms with E-state index in [1.165, 1.54) is 16.1 Å². The molecule has 1 fully saturated rings. The predicted octanol–water partition coefficient (Wildman–Crippen LogP) is 4.81. The summed E-state index contributed by atoms with van der Waals surface area (Å²) in [5.74, 6) is 0.564. The lowest BCUT2D eigenvalue weighted by atomic mass is 10.1. The van der Waals surface area contributed by atoms with Crippen molar-refractivity contribution in [3.05, 3.63) is 115 Å². The maximum absolute atomic E-state index is 13.9. The number of halogens is 1. The molecule has 0 radical (unpaired) electrons. The summed E-state index contributed by atoms with van der Waals surface area (Å²) in [6.45, 7) is 6.51. The Morgan fingerprint density at radius 1 is 0.851 bits per heavy atom. The fourth-order valence-corrected chi connectivity index (χ4v) is 7.30. The molecule has 1 saturated heterocycles. The third kappa shape index (κ3) is 6.27. The molecular weight excluding hydrogens is 617 g/mol. The quantitative estimate of drug-likeness (QED) is 0.237. The Balaban J connectivity index is 1.25. The predicted molar refractivity (Wildman–Crippen MR) is 179 cm³/mol. The topological polar surface area (TPSA) is 109 Å². The van der Waals surface area contributed by atoms with Gasteiger partial charge in [-0.05, 0) is 55.0 Å². The van der Waals surface area contributed by atoms with Gasteiger partial charge in [0, 0.05) is 85.2 Å². The number of fused-ring (bicyclic) bond motifs is 1. The van der Waals surface area contributed by atoms with Crippen molar-refractivity contribution >= 4 is 26.9 Å². The molecule has 1 aliphatic heterocycles. The molecule has 10 nitrogen and oxygen atoms in total. The maximum Gasteiger partial charge on any atom is 0.269 e. The second kappa shape index (κ2) is 12.7. The molecule has 12 heteroatoms. The Morgan fingerprint density at radius 3 is 2.36 bits per heavy atom. The smallest absolute Gasteiger partial charge is 0.269 e. The minimum Gasteiger partial charge on any atom is -0.395 e. The van der Waals surface area contributed by atoms with Crippen LogP contribution in [0.3, 0.4) is 0 Å². The molecule has 0 aliphatic carbocycles. The highest BCUT2D eigenvalue weighted by molar-refractivity contribution is 7.90. The highest BCUT2D eigenvalue weighted by atomic mass is 32.2. The molecule has 0 saturated carbocycles. The number of piperazine rings is 1. The minimum absolute atomic E-state index is 0.158. The van der Waals surface area contributed by atoms with Gasteiger partial charge in [-0.25, -0.2) is 26.7 Å². The van der Waals surface area contributed by atoms with Crippen molar-refractivity contribution in [2.45, 2.75) is 18.4 Å². The van der Waals surface area contributed by atoms with Gasteiger partial charge in [-0.3, -0.25) is 9.58 Å². The summed E-state index contributed by atoms with van der Waals surface area (Å²) in [4.78, 5) is 14.1. The molecule has 4 aromatic heterocycles. The Morgan fingerprint density at radius 2 is 1.64 bits per heavy atom. The van der Waals surface area contributed by atoms with Crippen LogP contribution in [0.15, 0.2) is 103 Å². The number of benzene rings is 2. The van der Waals surface area contributed by atoms with E-state index in [9.17, 15) is 17.9 Å². The molecule has 7 rings (SSSR count). The number of aliphatic hydroxyl groups excluding tert-OH is 1. The van der Waals surface area contributed by atoms with Crippen LogP contribution in [0.25, 0.3) is 33.3 Å². The molecular formula is C35H34FN7O3S. The Labute approximate surface area is 272 Å². The normalized spacial score (nSPS) is 14.2. The molecule has 47 heavy (non-hydrogen) atoms. The first-order valence-corrected chi connectivity index (χ1v) is 16.9. The molecule has 1 N–H and O–H groups in total. The van der Waals surface area contributed by atoms with Gasteiger partial charge in [0.15, 0.2) is 5.65 Å².